The van der Waals surface area contributed by atoms with Gasteiger partial charge in [0.25, 0.3) is 0 Å². The van der Waals surface area contributed by atoms with Gasteiger partial charge in [-0.3, -0.25) is 0 Å². The number of rotatable bonds is 11. The molecule has 0 aliphatic heterocycles. The molecule has 36 heavy (non-hydrogen) atoms. The lowest BCUT2D eigenvalue weighted by atomic mass is 10.0. The standard InChI is InChI=1S/C27H24F5N3S/c1-2-3-7-21(28)26(32)18-9-10-20(22(29)13-18)19-14-33-25(34-15-19)8-5-4-6-17-11-23(30)27(35-16-36)24(31)12-17/h9-15H,2-8H2,1H3/b26-21+. The van der Waals surface area contributed by atoms with Crippen LogP contribution in [0.2, 0.25) is 0 Å². The summed E-state index contributed by atoms with van der Waals surface area (Å²) >= 11 is 4.39. The molecule has 0 aliphatic carbocycles. The minimum atomic E-state index is -1.05. The van der Waals surface area contributed by atoms with Gasteiger partial charge in [-0.2, -0.15) is 4.99 Å². The number of benzene rings is 2. The van der Waals surface area contributed by atoms with Crippen LogP contribution in [-0.2, 0) is 12.8 Å². The summed E-state index contributed by atoms with van der Waals surface area (Å²) in [6, 6.07) is 6.11. The summed E-state index contributed by atoms with van der Waals surface area (Å²) in [5, 5.41) is 1.95. The maximum absolute atomic E-state index is 14.6. The molecular formula is C27H24F5N3S. The number of halogens is 5. The van der Waals surface area contributed by atoms with E-state index in [1.54, 1.807) is 0 Å². The van der Waals surface area contributed by atoms with E-state index >= 15 is 0 Å². The minimum absolute atomic E-state index is 0.0233. The molecule has 0 N–H and O–H groups in total. The molecule has 3 nitrogen and oxygen atoms in total. The second-order valence-corrected chi connectivity index (χ2v) is 8.41. The normalized spacial score (nSPS) is 11.7. The zero-order valence-corrected chi connectivity index (χ0v) is 20.4. The van der Waals surface area contributed by atoms with Crippen molar-refractivity contribution in [2.75, 3.05) is 0 Å². The Morgan fingerprint density at radius 1 is 0.917 bits per heavy atom. The fourth-order valence-electron chi connectivity index (χ4n) is 3.63. The molecule has 3 aromatic rings. The summed E-state index contributed by atoms with van der Waals surface area (Å²) in [6.07, 6.45) is 6.43. The molecule has 188 valence electrons. The molecular weight excluding hydrogens is 493 g/mol. The number of nitrogens with zero attached hydrogens (tertiary/aromatic N) is 3. The van der Waals surface area contributed by atoms with Crippen LogP contribution in [0.25, 0.3) is 17.0 Å². The van der Waals surface area contributed by atoms with Crippen LogP contribution in [0.1, 0.15) is 56.0 Å². The average Bonchev–Trinajstić information content (AvgIpc) is 2.87. The Kier molecular flexibility index (Phi) is 9.96. The Morgan fingerprint density at radius 3 is 2.19 bits per heavy atom. The van der Waals surface area contributed by atoms with Gasteiger partial charge in [0, 0.05) is 41.9 Å². The van der Waals surface area contributed by atoms with Crippen molar-refractivity contribution in [2.24, 2.45) is 4.99 Å². The van der Waals surface area contributed by atoms with Gasteiger partial charge in [0.1, 0.15) is 23.2 Å². The number of isothiocyanates is 1. The number of aromatic nitrogens is 2. The summed E-state index contributed by atoms with van der Waals surface area (Å²) < 4.78 is 70.6. The van der Waals surface area contributed by atoms with Gasteiger partial charge in [-0.25, -0.2) is 31.9 Å². The largest absolute Gasteiger partial charge is 0.241 e. The molecule has 0 atom stereocenters. The van der Waals surface area contributed by atoms with E-state index < -0.39 is 34.8 Å². The van der Waals surface area contributed by atoms with E-state index in [1.165, 1.54) is 36.7 Å². The number of thiocarbonyl (C=S) groups is 1. The first kappa shape index (κ1) is 27.3. The molecule has 0 radical (unpaired) electrons. The van der Waals surface area contributed by atoms with Gasteiger partial charge in [0.15, 0.2) is 17.5 Å². The van der Waals surface area contributed by atoms with E-state index in [4.69, 9.17) is 0 Å². The van der Waals surface area contributed by atoms with Crippen molar-refractivity contribution in [3.8, 4) is 11.1 Å². The van der Waals surface area contributed by atoms with Crippen molar-refractivity contribution < 1.29 is 22.0 Å². The van der Waals surface area contributed by atoms with Gasteiger partial charge in [-0.15, -0.1) is 0 Å². The summed E-state index contributed by atoms with van der Waals surface area (Å²) in [5.41, 5.74) is 0.485. The van der Waals surface area contributed by atoms with E-state index in [-0.39, 0.29) is 17.5 Å². The first-order valence-electron chi connectivity index (χ1n) is 11.5. The summed E-state index contributed by atoms with van der Waals surface area (Å²) in [5.74, 6) is -3.69. The molecule has 0 amide bonds. The van der Waals surface area contributed by atoms with Crippen LogP contribution >= 0.6 is 12.2 Å². The smallest absolute Gasteiger partial charge is 0.161 e. The zero-order chi connectivity index (χ0) is 26.1. The quantitative estimate of drug-likeness (QED) is 0.111. The molecule has 1 aromatic heterocycles. The van der Waals surface area contributed by atoms with Crippen molar-refractivity contribution in [1.29, 1.82) is 0 Å². The molecule has 9 heteroatoms. The van der Waals surface area contributed by atoms with Crippen LogP contribution in [0, 0.1) is 17.5 Å². The van der Waals surface area contributed by atoms with Crippen molar-refractivity contribution in [2.45, 2.75) is 51.9 Å². The lowest BCUT2D eigenvalue weighted by Crippen LogP contribution is -1.98. The van der Waals surface area contributed by atoms with Crippen LogP contribution in [0.4, 0.5) is 27.6 Å². The SMILES string of the molecule is CCCC/C(F)=C(\F)c1ccc(-c2cnc(CCCCc3cc(F)c(N=C=S)c(F)c3)nc2)c(F)c1. The molecule has 2 aromatic carbocycles. The monoisotopic (exact) mass is 517 g/mol. The van der Waals surface area contributed by atoms with E-state index in [9.17, 15) is 22.0 Å². The van der Waals surface area contributed by atoms with Gasteiger partial charge in [0.05, 0.1) is 5.16 Å². The summed E-state index contributed by atoms with van der Waals surface area (Å²) in [7, 11) is 0. The number of unbranched alkanes of at least 4 members (excludes halogenated alkanes) is 2. The van der Waals surface area contributed by atoms with Crippen molar-refractivity contribution in [1.82, 2.24) is 9.97 Å². The van der Waals surface area contributed by atoms with Gasteiger partial charge in [-0.1, -0.05) is 25.5 Å². The zero-order valence-electron chi connectivity index (χ0n) is 19.6. The Balaban J connectivity index is 1.58. The van der Waals surface area contributed by atoms with Crippen LogP contribution in [-0.4, -0.2) is 15.1 Å². The number of aliphatic imine (C=N–C) groups is 1. The molecule has 0 bridgehead atoms. The predicted molar refractivity (Wildman–Crippen MR) is 134 cm³/mol. The third kappa shape index (κ3) is 7.12. The summed E-state index contributed by atoms with van der Waals surface area (Å²) in [4.78, 5) is 11.9. The summed E-state index contributed by atoms with van der Waals surface area (Å²) in [6.45, 7) is 1.87. The molecule has 1 heterocycles. The number of aryl methyl sites for hydroxylation is 2. The van der Waals surface area contributed by atoms with Crippen LogP contribution in [0.5, 0.6) is 0 Å². The molecule has 0 spiro atoms. The Labute approximate surface area is 211 Å². The maximum Gasteiger partial charge on any atom is 0.161 e. The lowest BCUT2D eigenvalue weighted by molar-refractivity contribution is 0.548. The first-order chi connectivity index (χ1) is 17.3. The van der Waals surface area contributed by atoms with Crippen molar-refractivity contribution >= 4 is 28.9 Å². The van der Waals surface area contributed by atoms with Gasteiger partial charge >= 0.3 is 0 Å². The molecule has 0 saturated carbocycles. The minimum Gasteiger partial charge on any atom is -0.241 e. The molecule has 0 aliphatic rings. The number of allylic oxidation sites excluding steroid dienone is 1. The van der Waals surface area contributed by atoms with E-state index in [0.717, 1.165) is 12.5 Å². The Hall–Kier alpha value is -3.29. The molecule has 0 saturated heterocycles. The van der Waals surface area contributed by atoms with Crippen LogP contribution < -0.4 is 0 Å². The third-order valence-electron chi connectivity index (χ3n) is 5.58. The maximum atomic E-state index is 14.6. The fourth-order valence-corrected chi connectivity index (χ4v) is 3.73. The van der Waals surface area contributed by atoms with Gasteiger partial charge < -0.3 is 0 Å². The average molecular weight is 518 g/mol. The molecule has 0 unspecified atom stereocenters. The van der Waals surface area contributed by atoms with Gasteiger partial charge in [0.2, 0.25) is 0 Å². The fraction of sp³-hybridized carbons (Fsp3) is 0.296. The highest BCUT2D eigenvalue weighted by molar-refractivity contribution is 7.78. The highest BCUT2D eigenvalue weighted by atomic mass is 32.1. The van der Waals surface area contributed by atoms with Crippen molar-refractivity contribution in [3.05, 3.63) is 83.0 Å². The highest BCUT2D eigenvalue weighted by Crippen LogP contribution is 2.29. The lowest BCUT2D eigenvalue weighted by Gasteiger charge is -2.07. The molecule has 3 rings (SSSR count). The first-order valence-corrected chi connectivity index (χ1v) is 12.0. The van der Waals surface area contributed by atoms with Crippen molar-refractivity contribution in [3.63, 3.8) is 0 Å². The topological polar surface area (TPSA) is 38.1 Å². The van der Waals surface area contributed by atoms with E-state index in [0.29, 0.717) is 49.1 Å². The molecule has 0 fully saturated rings. The van der Waals surface area contributed by atoms with Crippen LogP contribution in [0.3, 0.4) is 0 Å². The Bertz CT molecular complexity index is 1260. The van der Waals surface area contributed by atoms with Gasteiger partial charge in [-0.05, 0) is 61.7 Å². The van der Waals surface area contributed by atoms with E-state index in [2.05, 4.69) is 27.2 Å². The number of hydrogen-bond acceptors (Lipinski definition) is 4. The second kappa shape index (κ2) is 13.1. The van der Waals surface area contributed by atoms with E-state index in [1.807, 2.05) is 12.1 Å². The third-order valence-corrected chi connectivity index (χ3v) is 5.67. The predicted octanol–water partition coefficient (Wildman–Crippen LogP) is 8.66. The Morgan fingerprint density at radius 2 is 1.58 bits per heavy atom. The number of hydrogen-bond donors (Lipinski definition) is 0. The van der Waals surface area contributed by atoms with Crippen LogP contribution in [0.15, 0.2) is 53.5 Å². The second-order valence-electron chi connectivity index (χ2n) is 8.22. The highest BCUT2D eigenvalue weighted by Gasteiger charge is 2.14.